The molecule has 0 atom stereocenters. The molecule has 0 bridgehead atoms. The SMILES string of the molecule is CCNC(=NCC1(c2cccc(F)c2)CC1)NCCc1noc(-c2ccccn2)n1. The predicted octanol–water partition coefficient (Wildman–Crippen LogP) is 3.10. The number of nitrogens with one attached hydrogen (secondary N) is 2. The lowest BCUT2D eigenvalue weighted by Gasteiger charge is -2.16. The Morgan fingerprint density at radius 1 is 1.20 bits per heavy atom. The van der Waals surface area contributed by atoms with Crippen LogP contribution in [0, 0.1) is 5.82 Å². The normalized spacial score (nSPS) is 15.1. The van der Waals surface area contributed by atoms with Gasteiger partial charge in [-0.05, 0) is 49.6 Å². The smallest absolute Gasteiger partial charge is 0.276 e. The summed E-state index contributed by atoms with van der Waals surface area (Å²) in [7, 11) is 0. The van der Waals surface area contributed by atoms with E-state index >= 15 is 0 Å². The van der Waals surface area contributed by atoms with Crippen molar-refractivity contribution in [3.63, 3.8) is 0 Å². The van der Waals surface area contributed by atoms with E-state index in [4.69, 9.17) is 9.52 Å². The minimum absolute atomic E-state index is 0.0459. The number of benzene rings is 1. The summed E-state index contributed by atoms with van der Waals surface area (Å²) < 4.78 is 18.9. The van der Waals surface area contributed by atoms with Crippen molar-refractivity contribution in [1.29, 1.82) is 0 Å². The van der Waals surface area contributed by atoms with Gasteiger partial charge in [-0.15, -0.1) is 0 Å². The Morgan fingerprint density at radius 3 is 2.83 bits per heavy atom. The lowest BCUT2D eigenvalue weighted by atomic mass is 9.96. The van der Waals surface area contributed by atoms with Crippen LogP contribution in [0.4, 0.5) is 4.39 Å². The first-order valence-electron chi connectivity index (χ1n) is 10.2. The second-order valence-corrected chi connectivity index (χ2v) is 7.39. The second kappa shape index (κ2) is 9.02. The molecule has 0 spiro atoms. The zero-order valence-electron chi connectivity index (χ0n) is 16.9. The largest absolute Gasteiger partial charge is 0.357 e. The van der Waals surface area contributed by atoms with Crippen LogP contribution in [-0.2, 0) is 11.8 Å². The Labute approximate surface area is 174 Å². The maximum Gasteiger partial charge on any atom is 0.276 e. The minimum atomic E-state index is -0.196. The quantitative estimate of drug-likeness (QED) is 0.440. The molecular formula is C22H25FN6O. The number of hydrogen-bond donors (Lipinski definition) is 2. The van der Waals surface area contributed by atoms with Gasteiger partial charge >= 0.3 is 0 Å². The monoisotopic (exact) mass is 408 g/mol. The van der Waals surface area contributed by atoms with Crippen molar-refractivity contribution in [2.45, 2.75) is 31.6 Å². The summed E-state index contributed by atoms with van der Waals surface area (Å²) >= 11 is 0. The van der Waals surface area contributed by atoms with Crippen LogP contribution < -0.4 is 10.6 Å². The van der Waals surface area contributed by atoms with Crippen molar-refractivity contribution in [3.8, 4) is 11.6 Å². The maximum atomic E-state index is 13.6. The minimum Gasteiger partial charge on any atom is -0.357 e. The zero-order chi connectivity index (χ0) is 20.8. The Balaban J connectivity index is 1.33. The van der Waals surface area contributed by atoms with Gasteiger partial charge in [0.15, 0.2) is 11.8 Å². The van der Waals surface area contributed by atoms with E-state index in [2.05, 4.69) is 25.8 Å². The molecule has 2 heterocycles. The molecule has 0 saturated heterocycles. The van der Waals surface area contributed by atoms with Gasteiger partial charge in [-0.2, -0.15) is 4.98 Å². The van der Waals surface area contributed by atoms with Crippen LogP contribution in [0.2, 0.25) is 0 Å². The molecule has 1 saturated carbocycles. The highest BCUT2D eigenvalue weighted by molar-refractivity contribution is 5.79. The van der Waals surface area contributed by atoms with Crippen molar-refractivity contribution in [1.82, 2.24) is 25.8 Å². The van der Waals surface area contributed by atoms with Crippen molar-refractivity contribution in [3.05, 3.63) is 65.9 Å². The van der Waals surface area contributed by atoms with E-state index in [9.17, 15) is 4.39 Å². The van der Waals surface area contributed by atoms with Crippen LogP contribution >= 0.6 is 0 Å². The molecule has 1 fully saturated rings. The van der Waals surface area contributed by atoms with Crippen LogP contribution in [0.1, 0.15) is 31.2 Å². The first-order valence-corrected chi connectivity index (χ1v) is 10.2. The average molecular weight is 408 g/mol. The second-order valence-electron chi connectivity index (χ2n) is 7.39. The third-order valence-corrected chi connectivity index (χ3v) is 5.17. The summed E-state index contributed by atoms with van der Waals surface area (Å²) in [6, 6.07) is 12.4. The molecule has 0 unspecified atom stereocenters. The van der Waals surface area contributed by atoms with Gasteiger partial charge in [0.05, 0.1) is 6.54 Å². The molecule has 0 aliphatic heterocycles. The van der Waals surface area contributed by atoms with E-state index in [1.807, 2.05) is 31.2 Å². The van der Waals surface area contributed by atoms with Crippen molar-refractivity contribution >= 4 is 5.96 Å². The van der Waals surface area contributed by atoms with Crippen LogP contribution in [-0.4, -0.2) is 40.7 Å². The van der Waals surface area contributed by atoms with Crippen LogP contribution in [0.25, 0.3) is 11.6 Å². The number of hydrogen-bond acceptors (Lipinski definition) is 5. The fourth-order valence-corrected chi connectivity index (χ4v) is 3.32. The molecule has 1 aliphatic rings. The van der Waals surface area contributed by atoms with Gasteiger partial charge in [0.25, 0.3) is 5.89 Å². The highest BCUT2D eigenvalue weighted by Crippen LogP contribution is 2.48. The molecule has 2 N–H and O–H groups in total. The molecule has 1 aromatic carbocycles. The Bertz CT molecular complexity index is 1000. The first-order chi connectivity index (χ1) is 14.7. The van der Waals surface area contributed by atoms with Gasteiger partial charge in [-0.3, -0.25) is 9.98 Å². The fraction of sp³-hybridized carbons (Fsp3) is 0.364. The molecule has 8 heteroatoms. The number of halogens is 1. The van der Waals surface area contributed by atoms with Crippen LogP contribution in [0.15, 0.2) is 58.2 Å². The van der Waals surface area contributed by atoms with Crippen LogP contribution in [0.5, 0.6) is 0 Å². The predicted molar refractivity (Wildman–Crippen MR) is 113 cm³/mol. The van der Waals surface area contributed by atoms with Gasteiger partial charge < -0.3 is 15.2 Å². The lowest BCUT2D eigenvalue weighted by molar-refractivity contribution is 0.421. The van der Waals surface area contributed by atoms with Gasteiger partial charge in [0.1, 0.15) is 11.5 Å². The van der Waals surface area contributed by atoms with Crippen molar-refractivity contribution < 1.29 is 8.91 Å². The molecule has 7 nitrogen and oxygen atoms in total. The molecule has 2 aromatic heterocycles. The van der Waals surface area contributed by atoms with Gasteiger partial charge in [-0.25, -0.2) is 4.39 Å². The molecule has 0 radical (unpaired) electrons. The zero-order valence-corrected chi connectivity index (χ0v) is 16.9. The number of rotatable bonds is 8. The number of aliphatic imine (C=N–C) groups is 1. The van der Waals surface area contributed by atoms with Crippen LogP contribution in [0.3, 0.4) is 0 Å². The third-order valence-electron chi connectivity index (χ3n) is 5.17. The molecule has 3 aromatic rings. The molecule has 0 amide bonds. The topological polar surface area (TPSA) is 88.2 Å². The summed E-state index contributed by atoms with van der Waals surface area (Å²) in [5, 5.41) is 10.6. The van der Waals surface area contributed by atoms with Gasteiger partial charge in [0, 0.05) is 31.1 Å². The van der Waals surface area contributed by atoms with E-state index < -0.39 is 0 Å². The molecule has 156 valence electrons. The van der Waals surface area contributed by atoms with Gasteiger partial charge in [0.2, 0.25) is 0 Å². The summed E-state index contributed by atoms with van der Waals surface area (Å²) in [5.74, 6) is 1.56. The first kappa shape index (κ1) is 20.0. The third kappa shape index (κ3) is 4.82. The number of pyridine rings is 1. The molecule has 1 aliphatic carbocycles. The van der Waals surface area contributed by atoms with Crippen molar-refractivity contribution in [2.75, 3.05) is 19.6 Å². The highest BCUT2D eigenvalue weighted by atomic mass is 19.1. The van der Waals surface area contributed by atoms with Crippen molar-refractivity contribution in [2.24, 2.45) is 4.99 Å². The van der Waals surface area contributed by atoms with E-state index in [1.165, 1.54) is 6.07 Å². The average Bonchev–Trinajstić information content (AvgIpc) is 3.42. The number of nitrogens with zero attached hydrogens (tertiary/aromatic N) is 4. The fourth-order valence-electron chi connectivity index (χ4n) is 3.32. The van der Waals surface area contributed by atoms with E-state index in [1.54, 1.807) is 18.3 Å². The Kier molecular flexibility index (Phi) is 6.02. The standard InChI is InChI=1S/C22H25FN6O/c1-2-24-21(27-15-22(10-11-22)16-6-5-7-17(23)14-16)26-13-9-19-28-20(30-29-19)18-8-3-4-12-25-18/h3-8,12,14H,2,9-11,13,15H2,1H3,(H2,24,26,27). The maximum absolute atomic E-state index is 13.6. The summed E-state index contributed by atoms with van der Waals surface area (Å²) in [6.07, 6.45) is 4.34. The van der Waals surface area contributed by atoms with E-state index in [0.29, 0.717) is 36.9 Å². The van der Waals surface area contributed by atoms with Gasteiger partial charge in [-0.1, -0.05) is 23.4 Å². The molecule has 30 heavy (non-hydrogen) atoms. The molecule has 4 rings (SSSR count). The lowest BCUT2D eigenvalue weighted by Crippen LogP contribution is -2.39. The van der Waals surface area contributed by atoms with E-state index in [0.717, 1.165) is 30.9 Å². The molecular weight excluding hydrogens is 383 g/mol. The summed E-state index contributed by atoms with van der Waals surface area (Å²) in [5.41, 5.74) is 1.64. The summed E-state index contributed by atoms with van der Waals surface area (Å²) in [6.45, 7) is 4.01. The van der Waals surface area contributed by atoms with E-state index in [-0.39, 0.29) is 11.2 Å². The number of guanidine groups is 1. The Morgan fingerprint density at radius 2 is 2.10 bits per heavy atom. The number of aromatic nitrogens is 3. The Hall–Kier alpha value is -3.29. The summed E-state index contributed by atoms with van der Waals surface area (Å²) in [4.78, 5) is 13.3. The highest BCUT2D eigenvalue weighted by Gasteiger charge is 2.44.